The minimum Gasteiger partial charge on any atom is -0.331 e. The number of nitrogens with zero attached hydrogens (tertiary/aromatic N) is 3. The Labute approximate surface area is 120 Å². The van der Waals surface area contributed by atoms with Crippen LogP contribution in [0.25, 0.3) is 11.0 Å². The van der Waals surface area contributed by atoms with Crippen LogP contribution in [0.5, 0.6) is 0 Å². The smallest absolute Gasteiger partial charge is 0.178 e. The third-order valence-corrected chi connectivity index (χ3v) is 3.69. The van der Waals surface area contributed by atoms with E-state index in [9.17, 15) is 0 Å². The van der Waals surface area contributed by atoms with Crippen LogP contribution in [-0.4, -0.2) is 19.3 Å². The van der Waals surface area contributed by atoms with Crippen LogP contribution in [0.4, 0.5) is 0 Å². The Hall–Kier alpha value is -1.59. The van der Waals surface area contributed by atoms with Crippen LogP contribution in [0.15, 0.2) is 30.6 Å². The summed E-state index contributed by atoms with van der Waals surface area (Å²) in [6, 6.07) is 5.77. The van der Waals surface area contributed by atoms with Crippen molar-refractivity contribution in [1.29, 1.82) is 0 Å². The molecule has 1 N–H and O–H groups in total. The fourth-order valence-electron chi connectivity index (χ4n) is 2.18. The van der Waals surface area contributed by atoms with Crippen LogP contribution < -0.4 is 0 Å². The van der Waals surface area contributed by atoms with Crippen molar-refractivity contribution < 1.29 is 0 Å². The number of para-hydroxylation sites is 1. The van der Waals surface area contributed by atoms with Gasteiger partial charge in [0.1, 0.15) is 0 Å². The summed E-state index contributed by atoms with van der Waals surface area (Å²) < 4.78 is 4.61. The Morgan fingerprint density at radius 1 is 1.37 bits per heavy atom. The molecule has 98 valence electrons. The Kier molecular flexibility index (Phi) is 3.16. The molecule has 0 atom stereocenters. The minimum atomic E-state index is 0.687. The Balaban J connectivity index is 1.96. The summed E-state index contributed by atoms with van der Waals surface area (Å²) in [7, 11) is 0. The number of rotatable bonds is 3. The van der Waals surface area contributed by atoms with Gasteiger partial charge in [-0.1, -0.05) is 17.7 Å². The molecule has 3 aromatic rings. The van der Waals surface area contributed by atoms with Gasteiger partial charge in [-0.25, -0.2) is 0 Å². The van der Waals surface area contributed by atoms with Gasteiger partial charge in [0.15, 0.2) is 4.77 Å². The molecule has 0 fully saturated rings. The lowest BCUT2D eigenvalue weighted by molar-refractivity contribution is 0.537. The summed E-state index contributed by atoms with van der Waals surface area (Å²) in [5.41, 5.74) is 3.08. The van der Waals surface area contributed by atoms with Crippen molar-refractivity contribution in [2.75, 3.05) is 0 Å². The lowest BCUT2D eigenvalue weighted by Crippen LogP contribution is -2.08. The van der Waals surface area contributed by atoms with Gasteiger partial charge >= 0.3 is 0 Å². The summed E-state index contributed by atoms with van der Waals surface area (Å²) in [6.45, 7) is 3.53. The molecule has 19 heavy (non-hydrogen) atoms. The molecule has 0 aliphatic rings. The number of H-pyrrole nitrogens is 1. The number of hydrogen-bond acceptors (Lipinski definition) is 2. The number of nitrogens with one attached hydrogen (secondary N) is 1. The number of benzene rings is 1. The molecule has 0 unspecified atom stereocenters. The van der Waals surface area contributed by atoms with Gasteiger partial charge in [-0.3, -0.25) is 4.68 Å². The van der Waals surface area contributed by atoms with Crippen LogP contribution in [-0.2, 0) is 13.1 Å². The zero-order chi connectivity index (χ0) is 13.4. The number of halogens is 1. The van der Waals surface area contributed by atoms with Crippen LogP contribution >= 0.6 is 23.8 Å². The predicted octanol–water partition coefficient (Wildman–Crippen LogP) is 3.56. The van der Waals surface area contributed by atoms with Gasteiger partial charge in [0.25, 0.3) is 0 Å². The maximum Gasteiger partial charge on any atom is 0.178 e. The molecule has 0 spiro atoms. The van der Waals surface area contributed by atoms with Gasteiger partial charge < -0.3 is 9.55 Å². The number of aromatic amines is 1. The van der Waals surface area contributed by atoms with Gasteiger partial charge in [0, 0.05) is 12.7 Å². The molecule has 0 aliphatic heterocycles. The Morgan fingerprint density at radius 2 is 2.21 bits per heavy atom. The molecule has 2 heterocycles. The molecule has 0 saturated heterocycles. The summed E-state index contributed by atoms with van der Waals surface area (Å²) in [5.74, 6) is 0. The maximum absolute atomic E-state index is 6.25. The first-order chi connectivity index (χ1) is 9.15. The van der Waals surface area contributed by atoms with Gasteiger partial charge in [-0.15, -0.1) is 0 Å². The number of aromatic nitrogens is 4. The molecule has 0 amide bonds. The first kappa shape index (κ1) is 12.4. The number of imidazole rings is 1. The van der Waals surface area contributed by atoms with Gasteiger partial charge in [0.2, 0.25) is 0 Å². The topological polar surface area (TPSA) is 38.5 Å². The first-order valence-electron chi connectivity index (χ1n) is 6.01. The molecular formula is C13H13ClN4S. The second-order valence-corrected chi connectivity index (χ2v) is 5.29. The second-order valence-electron chi connectivity index (χ2n) is 4.50. The molecule has 0 saturated carbocycles. The Bertz CT molecular complexity index is 783. The van der Waals surface area contributed by atoms with Crippen molar-refractivity contribution in [3.8, 4) is 0 Å². The van der Waals surface area contributed by atoms with Crippen LogP contribution in [0.2, 0.25) is 5.02 Å². The highest BCUT2D eigenvalue weighted by Gasteiger charge is 2.07. The van der Waals surface area contributed by atoms with Crippen molar-refractivity contribution >= 4 is 34.9 Å². The van der Waals surface area contributed by atoms with E-state index < -0.39 is 0 Å². The van der Waals surface area contributed by atoms with E-state index in [4.69, 9.17) is 23.8 Å². The van der Waals surface area contributed by atoms with E-state index in [1.165, 1.54) is 0 Å². The van der Waals surface area contributed by atoms with Crippen molar-refractivity contribution in [3.05, 3.63) is 45.9 Å². The van der Waals surface area contributed by atoms with Gasteiger partial charge in [-0.05, 0) is 36.8 Å². The summed E-state index contributed by atoms with van der Waals surface area (Å²) in [6.07, 6.45) is 3.86. The standard InChI is InChI=1S/C13H13ClN4S/c1-9-7-15-17(8-9)5-6-18-12-10(14)3-2-4-11(12)16-13(18)19/h2-4,7-8H,5-6H2,1H3,(H,16,19). The molecule has 3 rings (SSSR count). The van der Waals surface area contributed by atoms with E-state index in [1.807, 2.05) is 46.8 Å². The predicted molar refractivity (Wildman–Crippen MR) is 79.1 cm³/mol. The van der Waals surface area contributed by atoms with Crippen molar-refractivity contribution in [2.45, 2.75) is 20.0 Å². The first-order valence-corrected chi connectivity index (χ1v) is 6.80. The summed E-state index contributed by atoms with van der Waals surface area (Å²) in [5, 5.41) is 4.98. The third kappa shape index (κ3) is 2.31. The number of aryl methyl sites for hydroxylation is 3. The fourth-order valence-corrected chi connectivity index (χ4v) is 2.75. The lowest BCUT2D eigenvalue weighted by Gasteiger charge is -2.06. The van der Waals surface area contributed by atoms with Gasteiger partial charge in [-0.2, -0.15) is 5.10 Å². The number of hydrogen-bond donors (Lipinski definition) is 1. The SMILES string of the molecule is Cc1cnn(CCn2c(=S)[nH]c3cccc(Cl)c32)c1. The van der Waals surface area contributed by atoms with E-state index in [1.54, 1.807) is 0 Å². The number of fused-ring (bicyclic) bond motifs is 1. The molecule has 4 nitrogen and oxygen atoms in total. The van der Waals surface area contributed by atoms with Crippen molar-refractivity contribution in [3.63, 3.8) is 0 Å². The van der Waals surface area contributed by atoms with Crippen molar-refractivity contribution in [2.24, 2.45) is 0 Å². The summed E-state index contributed by atoms with van der Waals surface area (Å²) in [4.78, 5) is 3.17. The monoisotopic (exact) mass is 292 g/mol. The average molecular weight is 293 g/mol. The van der Waals surface area contributed by atoms with Crippen LogP contribution in [0.1, 0.15) is 5.56 Å². The molecule has 2 aromatic heterocycles. The molecule has 1 aromatic carbocycles. The van der Waals surface area contributed by atoms with Crippen LogP contribution in [0, 0.1) is 11.7 Å². The molecule has 6 heteroatoms. The molecule has 0 radical (unpaired) electrons. The van der Waals surface area contributed by atoms with Crippen molar-refractivity contribution in [1.82, 2.24) is 19.3 Å². The highest BCUT2D eigenvalue weighted by atomic mass is 35.5. The molecule has 0 bridgehead atoms. The molecule has 0 aliphatic carbocycles. The maximum atomic E-state index is 6.25. The summed E-state index contributed by atoms with van der Waals surface area (Å²) >= 11 is 11.6. The quantitative estimate of drug-likeness (QED) is 0.750. The zero-order valence-corrected chi connectivity index (χ0v) is 12.0. The largest absolute Gasteiger partial charge is 0.331 e. The molecular weight excluding hydrogens is 280 g/mol. The van der Waals surface area contributed by atoms with E-state index in [-0.39, 0.29) is 0 Å². The van der Waals surface area contributed by atoms with E-state index in [0.717, 1.165) is 29.7 Å². The van der Waals surface area contributed by atoms with E-state index in [2.05, 4.69) is 10.1 Å². The Morgan fingerprint density at radius 3 is 2.95 bits per heavy atom. The minimum absolute atomic E-state index is 0.687. The normalized spacial score (nSPS) is 11.3. The van der Waals surface area contributed by atoms with E-state index in [0.29, 0.717) is 9.79 Å². The highest BCUT2D eigenvalue weighted by molar-refractivity contribution is 7.71. The average Bonchev–Trinajstić information content (AvgIpc) is 2.91. The second kappa shape index (κ2) is 4.83. The lowest BCUT2D eigenvalue weighted by atomic mass is 10.3. The zero-order valence-electron chi connectivity index (χ0n) is 10.4. The van der Waals surface area contributed by atoms with E-state index >= 15 is 0 Å². The van der Waals surface area contributed by atoms with Crippen LogP contribution in [0.3, 0.4) is 0 Å². The third-order valence-electron chi connectivity index (χ3n) is 3.06. The van der Waals surface area contributed by atoms with Gasteiger partial charge in [0.05, 0.1) is 28.8 Å². The fraction of sp³-hybridized carbons (Fsp3) is 0.231. The highest BCUT2D eigenvalue weighted by Crippen LogP contribution is 2.23.